The lowest BCUT2D eigenvalue weighted by Gasteiger charge is -2.07. The molecule has 20 heavy (non-hydrogen) atoms. The number of aryl methyl sites for hydroxylation is 1. The summed E-state index contributed by atoms with van der Waals surface area (Å²) in [7, 11) is 0. The van der Waals surface area contributed by atoms with E-state index in [0.717, 1.165) is 16.5 Å². The fourth-order valence-corrected chi connectivity index (χ4v) is 2.51. The Hall–Kier alpha value is -1.71. The maximum Gasteiger partial charge on any atom is 0.161 e. The summed E-state index contributed by atoms with van der Waals surface area (Å²) in [5.41, 5.74) is 2.27. The van der Waals surface area contributed by atoms with E-state index in [1.165, 1.54) is 12.1 Å². The van der Waals surface area contributed by atoms with E-state index in [-0.39, 0.29) is 5.02 Å². The SMILES string of the molecule is Cc1cccc2nc(-c3ccc(Cl)c(F)c3)nc(Cl)c12. The van der Waals surface area contributed by atoms with E-state index in [2.05, 4.69) is 9.97 Å². The minimum atomic E-state index is -0.506. The topological polar surface area (TPSA) is 25.8 Å². The second-order valence-electron chi connectivity index (χ2n) is 4.44. The molecule has 0 atom stereocenters. The van der Waals surface area contributed by atoms with E-state index in [0.29, 0.717) is 16.5 Å². The molecule has 0 aliphatic heterocycles. The zero-order valence-electron chi connectivity index (χ0n) is 10.5. The van der Waals surface area contributed by atoms with Crippen molar-refractivity contribution in [2.24, 2.45) is 0 Å². The molecule has 100 valence electrons. The molecule has 1 aromatic heterocycles. The molecule has 1 heterocycles. The molecule has 0 amide bonds. The van der Waals surface area contributed by atoms with Crippen molar-refractivity contribution in [1.29, 1.82) is 0 Å². The average Bonchev–Trinajstić information content (AvgIpc) is 2.41. The second kappa shape index (κ2) is 5.00. The van der Waals surface area contributed by atoms with E-state index in [4.69, 9.17) is 23.2 Å². The number of hydrogen-bond acceptors (Lipinski definition) is 2. The number of benzene rings is 2. The molecule has 0 saturated heterocycles. The van der Waals surface area contributed by atoms with E-state index in [1.807, 2.05) is 25.1 Å². The lowest BCUT2D eigenvalue weighted by molar-refractivity contribution is 0.628. The zero-order chi connectivity index (χ0) is 14.3. The molecule has 0 aliphatic carbocycles. The van der Waals surface area contributed by atoms with Crippen LogP contribution in [0, 0.1) is 12.7 Å². The van der Waals surface area contributed by atoms with Crippen LogP contribution in [0.25, 0.3) is 22.3 Å². The maximum absolute atomic E-state index is 13.5. The van der Waals surface area contributed by atoms with Gasteiger partial charge in [0.15, 0.2) is 5.82 Å². The van der Waals surface area contributed by atoms with Gasteiger partial charge in [-0.05, 0) is 36.8 Å². The molecule has 0 fully saturated rings. The fraction of sp³-hybridized carbons (Fsp3) is 0.0667. The summed E-state index contributed by atoms with van der Waals surface area (Å²) in [6, 6.07) is 10.1. The first-order valence-corrected chi connectivity index (χ1v) is 6.70. The van der Waals surface area contributed by atoms with Crippen LogP contribution in [-0.2, 0) is 0 Å². The number of fused-ring (bicyclic) bond motifs is 1. The van der Waals surface area contributed by atoms with Crippen LogP contribution in [0.2, 0.25) is 10.2 Å². The minimum absolute atomic E-state index is 0.0662. The first kappa shape index (κ1) is 13.3. The molecule has 0 radical (unpaired) electrons. The molecule has 0 bridgehead atoms. The third-order valence-electron chi connectivity index (χ3n) is 3.07. The van der Waals surface area contributed by atoms with E-state index < -0.39 is 5.82 Å². The highest BCUT2D eigenvalue weighted by atomic mass is 35.5. The molecule has 5 heteroatoms. The Morgan fingerprint density at radius 2 is 1.85 bits per heavy atom. The number of nitrogens with zero attached hydrogens (tertiary/aromatic N) is 2. The van der Waals surface area contributed by atoms with Crippen molar-refractivity contribution >= 4 is 34.1 Å². The fourth-order valence-electron chi connectivity index (χ4n) is 2.07. The van der Waals surface area contributed by atoms with Gasteiger partial charge < -0.3 is 0 Å². The largest absolute Gasteiger partial charge is 0.228 e. The van der Waals surface area contributed by atoms with E-state index in [1.54, 1.807) is 6.07 Å². The van der Waals surface area contributed by atoms with Gasteiger partial charge in [0, 0.05) is 10.9 Å². The van der Waals surface area contributed by atoms with Crippen LogP contribution in [0.3, 0.4) is 0 Å². The standard InChI is InChI=1S/C15H9Cl2FN2/c1-8-3-2-4-12-13(8)14(17)20-15(19-12)9-5-6-10(16)11(18)7-9/h2-7H,1H3. The van der Waals surface area contributed by atoms with Gasteiger partial charge in [-0.1, -0.05) is 35.3 Å². The highest BCUT2D eigenvalue weighted by Gasteiger charge is 2.11. The summed E-state index contributed by atoms with van der Waals surface area (Å²) in [5, 5.41) is 1.24. The van der Waals surface area contributed by atoms with Gasteiger partial charge in [-0.25, -0.2) is 14.4 Å². The number of hydrogen-bond donors (Lipinski definition) is 0. The summed E-state index contributed by atoms with van der Waals surface area (Å²) in [5.74, 6) is -0.128. The van der Waals surface area contributed by atoms with Gasteiger partial charge in [-0.15, -0.1) is 0 Å². The molecule has 0 spiro atoms. The first-order valence-electron chi connectivity index (χ1n) is 5.94. The predicted molar refractivity (Wildman–Crippen MR) is 79.7 cm³/mol. The highest BCUT2D eigenvalue weighted by Crippen LogP contribution is 2.28. The van der Waals surface area contributed by atoms with Crippen molar-refractivity contribution in [2.75, 3.05) is 0 Å². The van der Waals surface area contributed by atoms with Crippen LogP contribution in [-0.4, -0.2) is 9.97 Å². The van der Waals surface area contributed by atoms with Crippen LogP contribution < -0.4 is 0 Å². The Labute approximate surface area is 125 Å². The zero-order valence-corrected chi connectivity index (χ0v) is 12.0. The van der Waals surface area contributed by atoms with Crippen LogP contribution in [0.5, 0.6) is 0 Å². The number of halogens is 3. The van der Waals surface area contributed by atoms with Gasteiger partial charge in [0.25, 0.3) is 0 Å². The van der Waals surface area contributed by atoms with Gasteiger partial charge in [0.2, 0.25) is 0 Å². The van der Waals surface area contributed by atoms with Crippen molar-refractivity contribution in [1.82, 2.24) is 9.97 Å². The number of aromatic nitrogens is 2. The third kappa shape index (κ3) is 2.23. The molecule has 0 unspecified atom stereocenters. The van der Waals surface area contributed by atoms with Crippen molar-refractivity contribution in [2.45, 2.75) is 6.92 Å². The van der Waals surface area contributed by atoms with E-state index >= 15 is 0 Å². The molecule has 2 aromatic carbocycles. The summed E-state index contributed by atoms with van der Waals surface area (Å²) >= 11 is 11.9. The summed E-state index contributed by atoms with van der Waals surface area (Å²) in [4.78, 5) is 8.68. The quantitative estimate of drug-likeness (QED) is 0.588. The van der Waals surface area contributed by atoms with Crippen molar-refractivity contribution in [3.8, 4) is 11.4 Å². The average molecular weight is 307 g/mol. The second-order valence-corrected chi connectivity index (χ2v) is 5.20. The van der Waals surface area contributed by atoms with Gasteiger partial charge in [0.1, 0.15) is 11.0 Å². The minimum Gasteiger partial charge on any atom is -0.228 e. The van der Waals surface area contributed by atoms with Crippen LogP contribution in [0.1, 0.15) is 5.56 Å². The van der Waals surface area contributed by atoms with Crippen LogP contribution >= 0.6 is 23.2 Å². The maximum atomic E-state index is 13.5. The Balaban J connectivity index is 2.25. The molecule has 3 aromatic rings. The Morgan fingerprint density at radius 1 is 1.05 bits per heavy atom. The lowest BCUT2D eigenvalue weighted by atomic mass is 10.1. The summed E-state index contributed by atoms with van der Waals surface area (Å²) < 4.78 is 13.5. The molecular formula is C15H9Cl2FN2. The normalized spacial score (nSPS) is 11.0. The van der Waals surface area contributed by atoms with Gasteiger partial charge in [0.05, 0.1) is 10.5 Å². The Kier molecular flexibility index (Phi) is 3.32. The van der Waals surface area contributed by atoms with Gasteiger partial charge in [-0.2, -0.15) is 0 Å². The monoisotopic (exact) mass is 306 g/mol. The molecule has 0 N–H and O–H groups in total. The van der Waals surface area contributed by atoms with Crippen LogP contribution in [0.15, 0.2) is 36.4 Å². The third-order valence-corrected chi connectivity index (χ3v) is 3.65. The number of rotatable bonds is 1. The Bertz CT molecular complexity index is 818. The van der Waals surface area contributed by atoms with Crippen LogP contribution in [0.4, 0.5) is 4.39 Å². The smallest absolute Gasteiger partial charge is 0.161 e. The Morgan fingerprint density at radius 3 is 2.60 bits per heavy atom. The summed E-state index contributed by atoms with van der Waals surface area (Å²) in [6.45, 7) is 1.94. The molecule has 2 nitrogen and oxygen atoms in total. The first-order chi connectivity index (χ1) is 9.56. The molecular weight excluding hydrogens is 298 g/mol. The predicted octanol–water partition coefficient (Wildman–Crippen LogP) is 5.05. The van der Waals surface area contributed by atoms with Crippen molar-refractivity contribution in [3.05, 3.63) is 58.0 Å². The highest BCUT2D eigenvalue weighted by molar-refractivity contribution is 6.34. The van der Waals surface area contributed by atoms with Crippen molar-refractivity contribution < 1.29 is 4.39 Å². The van der Waals surface area contributed by atoms with Gasteiger partial charge in [-0.3, -0.25) is 0 Å². The lowest BCUT2D eigenvalue weighted by Crippen LogP contribution is -1.94. The van der Waals surface area contributed by atoms with Gasteiger partial charge >= 0.3 is 0 Å². The molecule has 0 saturated carbocycles. The summed E-state index contributed by atoms with van der Waals surface area (Å²) in [6.07, 6.45) is 0. The molecule has 0 aliphatic rings. The van der Waals surface area contributed by atoms with Crippen molar-refractivity contribution in [3.63, 3.8) is 0 Å². The molecule has 3 rings (SSSR count). The van der Waals surface area contributed by atoms with E-state index in [9.17, 15) is 4.39 Å².